The zero-order valence-electron chi connectivity index (χ0n) is 14.9. The van der Waals surface area contributed by atoms with Crippen LogP contribution < -0.4 is 16.0 Å². The van der Waals surface area contributed by atoms with Crippen LogP contribution in [-0.2, 0) is 0 Å². The lowest BCUT2D eigenvalue weighted by Crippen LogP contribution is -2.19. The summed E-state index contributed by atoms with van der Waals surface area (Å²) in [7, 11) is 0. The summed E-state index contributed by atoms with van der Waals surface area (Å²) in [5.41, 5.74) is 2.63. The molecule has 0 bridgehead atoms. The van der Waals surface area contributed by atoms with Crippen molar-refractivity contribution in [3.8, 4) is 0 Å². The van der Waals surface area contributed by atoms with Crippen LogP contribution in [0, 0.1) is 0 Å². The number of carbonyl (C=O) groups excluding carboxylic acids is 1. The van der Waals surface area contributed by atoms with Gasteiger partial charge in [0.25, 0.3) is 5.91 Å². The van der Waals surface area contributed by atoms with E-state index in [2.05, 4.69) is 20.9 Å². The first-order valence-corrected chi connectivity index (χ1v) is 10.3. The lowest BCUT2D eigenvalue weighted by atomic mass is 10.2. The van der Waals surface area contributed by atoms with Crippen molar-refractivity contribution in [3.05, 3.63) is 77.6 Å². The second-order valence-electron chi connectivity index (χ2n) is 5.67. The highest BCUT2D eigenvalue weighted by Crippen LogP contribution is 2.28. The van der Waals surface area contributed by atoms with Crippen molar-refractivity contribution >= 4 is 63.7 Å². The van der Waals surface area contributed by atoms with Gasteiger partial charge < -0.3 is 16.0 Å². The van der Waals surface area contributed by atoms with Crippen molar-refractivity contribution in [1.29, 1.82) is 0 Å². The molecule has 0 aliphatic rings. The molecule has 28 heavy (non-hydrogen) atoms. The fourth-order valence-corrected chi connectivity index (χ4v) is 3.47. The smallest absolute Gasteiger partial charge is 0.274 e. The number of anilines is 3. The number of amides is 1. The largest absolute Gasteiger partial charge is 0.332 e. The number of benzene rings is 2. The van der Waals surface area contributed by atoms with Gasteiger partial charge in [-0.2, -0.15) is 0 Å². The summed E-state index contributed by atoms with van der Waals surface area (Å²) in [6.45, 7) is 0. The van der Waals surface area contributed by atoms with Crippen LogP contribution in [0.5, 0.6) is 0 Å². The quantitative estimate of drug-likeness (QED) is 0.367. The molecule has 0 aliphatic heterocycles. The molecule has 0 radical (unpaired) electrons. The van der Waals surface area contributed by atoms with Crippen molar-refractivity contribution in [3.63, 3.8) is 0 Å². The number of carbonyl (C=O) groups is 1. The first-order chi connectivity index (χ1) is 13.5. The third-order valence-corrected chi connectivity index (χ3v) is 5.13. The number of nitrogens with zero attached hydrogens (tertiary/aromatic N) is 1. The maximum absolute atomic E-state index is 12.1. The van der Waals surface area contributed by atoms with Gasteiger partial charge in [0.2, 0.25) is 0 Å². The first kappa shape index (κ1) is 20.1. The molecule has 0 spiro atoms. The molecule has 1 heterocycles. The Balaban J connectivity index is 1.57. The second kappa shape index (κ2) is 9.54. The normalized spacial score (nSPS) is 10.2. The van der Waals surface area contributed by atoms with E-state index < -0.39 is 0 Å². The molecular weight excluding hydrogens is 412 g/mol. The minimum atomic E-state index is -0.260. The summed E-state index contributed by atoms with van der Waals surface area (Å²) in [4.78, 5) is 17.2. The van der Waals surface area contributed by atoms with Crippen LogP contribution in [0.2, 0.25) is 5.02 Å². The Morgan fingerprint density at radius 1 is 0.964 bits per heavy atom. The number of aromatic nitrogens is 1. The Labute approximate surface area is 177 Å². The van der Waals surface area contributed by atoms with Crippen molar-refractivity contribution in [2.24, 2.45) is 0 Å². The van der Waals surface area contributed by atoms with Crippen molar-refractivity contribution < 1.29 is 4.79 Å². The SMILES string of the molecule is CSc1ccc(NC(=S)Nc2ccc(NC(=O)c3ccccn3)cc2)cc1Cl. The number of hydrogen-bond donors (Lipinski definition) is 3. The number of hydrogen-bond acceptors (Lipinski definition) is 4. The summed E-state index contributed by atoms with van der Waals surface area (Å²) < 4.78 is 0. The molecule has 1 amide bonds. The second-order valence-corrected chi connectivity index (χ2v) is 7.34. The Kier molecular flexibility index (Phi) is 6.86. The summed E-state index contributed by atoms with van der Waals surface area (Å²) >= 11 is 13.1. The number of nitrogens with one attached hydrogen (secondary N) is 3. The maximum Gasteiger partial charge on any atom is 0.274 e. The van der Waals surface area contributed by atoms with Crippen LogP contribution in [0.4, 0.5) is 17.1 Å². The van der Waals surface area contributed by atoms with Crippen LogP contribution in [-0.4, -0.2) is 22.3 Å². The van der Waals surface area contributed by atoms with E-state index in [1.165, 1.54) is 0 Å². The lowest BCUT2D eigenvalue weighted by molar-refractivity contribution is 0.102. The zero-order chi connectivity index (χ0) is 19.9. The minimum Gasteiger partial charge on any atom is -0.332 e. The molecule has 3 N–H and O–H groups in total. The van der Waals surface area contributed by atoms with Gasteiger partial charge in [-0.15, -0.1) is 11.8 Å². The highest BCUT2D eigenvalue weighted by atomic mass is 35.5. The molecule has 8 heteroatoms. The van der Waals surface area contributed by atoms with Crippen molar-refractivity contribution in [2.45, 2.75) is 4.90 Å². The van der Waals surface area contributed by atoms with Crippen LogP contribution in [0.3, 0.4) is 0 Å². The number of pyridine rings is 1. The summed E-state index contributed by atoms with van der Waals surface area (Å²) in [5.74, 6) is -0.260. The predicted octanol–water partition coefficient (Wildman–Crippen LogP) is 5.52. The minimum absolute atomic E-state index is 0.260. The fourth-order valence-electron chi connectivity index (χ4n) is 2.37. The summed E-state index contributed by atoms with van der Waals surface area (Å²) in [6.07, 6.45) is 3.56. The summed E-state index contributed by atoms with van der Waals surface area (Å²) in [5, 5.41) is 10.1. The van der Waals surface area contributed by atoms with E-state index >= 15 is 0 Å². The van der Waals surface area contributed by atoms with Gasteiger partial charge >= 0.3 is 0 Å². The molecule has 0 fully saturated rings. The Morgan fingerprint density at radius 2 is 1.61 bits per heavy atom. The first-order valence-electron chi connectivity index (χ1n) is 8.29. The highest BCUT2D eigenvalue weighted by Gasteiger charge is 2.07. The van der Waals surface area contributed by atoms with Gasteiger partial charge in [0.1, 0.15) is 5.69 Å². The van der Waals surface area contributed by atoms with Gasteiger partial charge in [0.15, 0.2) is 5.11 Å². The maximum atomic E-state index is 12.1. The van der Waals surface area contributed by atoms with E-state index in [-0.39, 0.29) is 5.91 Å². The molecule has 2 aromatic carbocycles. The fraction of sp³-hybridized carbons (Fsp3) is 0.0500. The van der Waals surface area contributed by atoms with Crippen LogP contribution in [0.15, 0.2) is 71.8 Å². The van der Waals surface area contributed by atoms with Gasteiger partial charge in [-0.3, -0.25) is 9.78 Å². The number of thiocarbonyl (C=S) groups is 1. The number of halogens is 1. The van der Waals surface area contributed by atoms with Gasteiger partial charge in [0, 0.05) is 28.2 Å². The predicted molar refractivity (Wildman–Crippen MR) is 122 cm³/mol. The molecule has 142 valence electrons. The van der Waals surface area contributed by atoms with E-state index in [0.29, 0.717) is 21.5 Å². The van der Waals surface area contributed by atoms with Crippen molar-refractivity contribution in [2.75, 3.05) is 22.2 Å². The molecule has 3 rings (SSSR count). The van der Waals surface area contributed by atoms with Gasteiger partial charge in [-0.25, -0.2) is 0 Å². The highest BCUT2D eigenvalue weighted by molar-refractivity contribution is 7.98. The number of rotatable bonds is 5. The zero-order valence-corrected chi connectivity index (χ0v) is 17.3. The molecule has 0 aliphatic carbocycles. The Morgan fingerprint density at radius 3 is 2.21 bits per heavy atom. The summed E-state index contributed by atoms with van der Waals surface area (Å²) in [6, 6.07) is 18.1. The topological polar surface area (TPSA) is 66.0 Å². The molecule has 0 atom stereocenters. The molecular formula is C20H17ClN4OS2. The van der Waals surface area contributed by atoms with Crippen LogP contribution >= 0.6 is 35.6 Å². The monoisotopic (exact) mass is 428 g/mol. The van der Waals surface area contributed by atoms with Crippen molar-refractivity contribution in [1.82, 2.24) is 4.98 Å². The van der Waals surface area contributed by atoms with E-state index in [0.717, 1.165) is 16.3 Å². The van der Waals surface area contributed by atoms with E-state index in [1.54, 1.807) is 48.3 Å². The Bertz CT molecular complexity index is 981. The van der Waals surface area contributed by atoms with Gasteiger partial charge in [0.05, 0.1) is 5.02 Å². The van der Waals surface area contributed by atoms with Crippen LogP contribution in [0.25, 0.3) is 0 Å². The average Bonchev–Trinajstić information content (AvgIpc) is 2.70. The van der Waals surface area contributed by atoms with E-state index in [4.69, 9.17) is 23.8 Å². The third-order valence-electron chi connectivity index (χ3n) is 3.71. The molecule has 3 aromatic rings. The van der Waals surface area contributed by atoms with Gasteiger partial charge in [-0.1, -0.05) is 17.7 Å². The molecule has 0 saturated heterocycles. The Hall–Kier alpha value is -2.61. The van der Waals surface area contributed by atoms with Gasteiger partial charge in [-0.05, 0) is 73.1 Å². The molecule has 1 aromatic heterocycles. The number of thioether (sulfide) groups is 1. The standard InChI is InChI=1S/C20H17ClN4OS2/c1-28-18-10-9-15(12-16(18)21)25-20(27)24-14-7-5-13(6-8-14)23-19(26)17-4-2-3-11-22-17/h2-12H,1H3,(H,23,26)(H2,24,25,27). The molecule has 0 unspecified atom stereocenters. The third kappa shape index (κ3) is 5.45. The van der Waals surface area contributed by atoms with Crippen LogP contribution in [0.1, 0.15) is 10.5 Å². The lowest BCUT2D eigenvalue weighted by Gasteiger charge is -2.12. The molecule has 5 nitrogen and oxygen atoms in total. The van der Waals surface area contributed by atoms with E-state index in [9.17, 15) is 4.79 Å². The molecule has 0 saturated carbocycles. The van der Waals surface area contributed by atoms with E-state index in [1.807, 2.05) is 36.6 Å². The average molecular weight is 429 g/mol.